The number of halogens is 12. The Labute approximate surface area is 338 Å². The zero-order valence-corrected chi connectivity index (χ0v) is 33.6. The molecule has 0 saturated carbocycles. The summed E-state index contributed by atoms with van der Waals surface area (Å²) in [4.78, 5) is 17.7. The van der Waals surface area contributed by atoms with Gasteiger partial charge in [-0.2, -0.15) is 52.7 Å². The Morgan fingerprint density at radius 1 is 0.356 bits per heavy atom. The Kier molecular flexibility index (Phi) is 19.1. The molecule has 0 amide bonds. The van der Waals surface area contributed by atoms with Crippen molar-refractivity contribution in [2.75, 3.05) is 0 Å². The van der Waals surface area contributed by atoms with Gasteiger partial charge in [-0.3, -0.25) is 19.9 Å². The molecule has 4 aromatic heterocycles. The van der Waals surface area contributed by atoms with Crippen molar-refractivity contribution in [3.8, 4) is 22.8 Å². The molecule has 0 fully saturated rings. The molecular formula is C28H24CuF12N6O8S4. The first-order chi connectivity index (χ1) is 25.9. The number of rotatable bonds is 6. The van der Waals surface area contributed by atoms with Crippen molar-refractivity contribution in [3.63, 3.8) is 0 Å². The van der Waals surface area contributed by atoms with Crippen LogP contribution in [0.3, 0.4) is 0 Å². The van der Waals surface area contributed by atoms with E-state index in [1.807, 2.05) is 100 Å². The van der Waals surface area contributed by atoms with Gasteiger partial charge in [0.2, 0.25) is 0 Å². The zero-order valence-electron chi connectivity index (χ0n) is 29.3. The fourth-order valence-electron chi connectivity index (χ4n) is 3.17. The Bertz CT molecular complexity index is 2140. The predicted molar refractivity (Wildman–Crippen MR) is 181 cm³/mol. The molecule has 1 radical (unpaired) electrons. The van der Waals surface area contributed by atoms with E-state index < -0.39 is 62.1 Å². The van der Waals surface area contributed by atoms with Gasteiger partial charge in [0.1, 0.15) is 0 Å². The van der Waals surface area contributed by atoms with Crippen molar-refractivity contribution in [1.82, 2.24) is 19.9 Å². The molecule has 0 N–H and O–H groups in total. The normalized spacial score (nSPS) is 12.6. The van der Waals surface area contributed by atoms with E-state index in [0.29, 0.717) is 0 Å². The Balaban J connectivity index is 0.000000756. The molecule has 0 aromatic carbocycles. The maximum Gasteiger partial charge on any atom is 2.00 e. The first-order valence-corrected chi connectivity index (χ1v) is 20.2. The predicted octanol–water partition coefficient (Wildman–Crippen LogP) is 7.64. The molecule has 31 heteroatoms. The number of nitrogens with zero attached hydrogens (tertiary/aromatic N) is 6. The van der Waals surface area contributed by atoms with E-state index >= 15 is 0 Å². The summed E-state index contributed by atoms with van der Waals surface area (Å²) < 4.78 is 218. The molecule has 4 aromatic rings. The Hall–Kier alpha value is -4.00. The summed E-state index contributed by atoms with van der Waals surface area (Å²) in [5, 5.41) is 0. The first-order valence-electron chi connectivity index (χ1n) is 14.4. The van der Waals surface area contributed by atoms with Gasteiger partial charge in [0.25, 0.3) is 0 Å². The second kappa shape index (κ2) is 20.5. The van der Waals surface area contributed by atoms with Crippen molar-refractivity contribution in [3.05, 3.63) is 104 Å². The molecule has 0 aliphatic rings. The van der Waals surface area contributed by atoms with Crippen LogP contribution in [0.5, 0.6) is 0 Å². The quantitative estimate of drug-likeness (QED) is 0.135. The topological polar surface area (TPSA) is 216 Å². The first kappa shape index (κ1) is 55.0. The molecule has 0 atom stereocenters. The minimum Gasteiger partial charge on any atom is -0.421 e. The van der Waals surface area contributed by atoms with Crippen LogP contribution in [-0.2, 0) is 57.2 Å². The van der Waals surface area contributed by atoms with Crippen LogP contribution in [0.2, 0.25) is 0 Å². The fourth-order valence-corrected chi connectivity index (χ4v) is 6.59. The van der Waals surface area contributed by atoms with E-state index in [-0.39, 0.29) is 17.1 Å². The van der Waals surface area contributed by atoms with Gasteiger partial charge in [0.05, 0.1) is 22.8 Å². The van der Waals surface area contributed by atoms with Crippen molar-refractivity contribution in [1.29, 1.82) is 0 Å². The van der Waals surface area contributed by atoms with Gasteiger partial charge in [0.15, 0.2) is 40.1 Å². The van der Waals surface area contributed by atoms with E-state index in [1.165, 1.54) is 0 Å². The number of aryl methyl sites for hydroxylation is 4. The van der Waals surface area contributed by atoms with E-state index in [9.17, 15) is 86.4 Å². The molecular weight excluding hydrogens is 968 g/mol. The van der Waals surface area contributed by atoms with Crippen LogP contribution in [0.1, 0.15) is 22.8 Å². The fraction of sp³-hybridized carbons (Fsp3) is 0.286. The zero-order chi connectivity index (χ0) is 45.3. The average molecular weight is 992 g/mol. The summed E-state index contributed by atoms with van der Waals surface area (Å²) in [5.41, 5.74) is -17.0. The summed E-state index contributed by atoms with van der Waals surface area (Å²) in [6.07, 6.45) is 0. The van der Waals surface area contributed by atoms with E-state index in [4.69, 9.17) is 0 Å². The SMILES string of the molecule is Cc1cccc(-c2cccc(C)n2)n1.Cc1cccc(-c2cccc(C)n2)n1.O=S(=O)([N-]S(=O)(=O)C(F)(F)F)C(F)(F)F.O=S(=O)([N-]S(=O)(=O)C(F)(F)F)C(F)(F)F.[Cu+2]. The van der Waals surface area contributed by atoms with Gasteiger partial charge in [-0.05, 0) is 76.2 Å². The van der Waals surface area contributed by atoms with Gasteiger partial charge in [0, 0.05) is 22.8 Å². The molecule has 4 heterocycles. The summed E-state index contributed by atoms with van der Waals surface area (Å²) in [5.74, 6) is 0. The van der Waals surface area contributed by atoms with Crippen molar-refractivity contribution in [2.45, 2.75) is 49.7 Å². The van der Waals surface area contributed by atoms with Crippen LogP contribution in [0.25, 0.3) is 31.0 Å². The number of alkyl halides is 12. The van der Waals surface area contributed by atoms with Crippen molar-refractivity contribution in [2.24, 2.45) is 0 Å². The third-order valence-corrected chi connectivity index (χ3v) is 11.1. The molecule has 0 aliphatic carbocycles. The Morgan fingerprint density at radius 2 is 0.508 bits per heavy atom. The maximum atomic E-state index is 11.4. The van der Waals surface area contributed by atoms with Gasteiger partial charge in [-0.15, -0.1) is 0 Å². The molecule has 0 saturated heterocycles. The average Bonchev–Trinajstić information content (AvgIpc) is 3.03. The summed E-state index contributed by atoms with van der Waals surface area (Å²) in [6.45, 7) is 7.94. The van der Waals surface area contributed by atoms with Gasteiger partial charge >= 0.3 is 39.1 Å². The maximum absolute atomic E-state index is 11.4. The smallest absolute Gasteiger partial charge is 0.421 e. The third kappa shape index (κ3) is 17.3. The van der Waals surface area contributed by atoms with E-state index in [2.05, 4.69) is 19.9 Å². The Morgan fingerprint density at radius 3 is 0.627 bits per heavy atom. The number of hydrogen-bond acceptors (Lipinski definition) is 12. The molecule has 59 heavy (non-hydrogen) atoms. The minimum absolute atomic E-state index is 0. The van der Waals surface area contributed by atoms with Gasteiger partial charge < -0.3 is 8.25 Å². The van der Waals surface area contributed by atoms with Crippen LogP contribution in [0, 0.1) is 27.7 Å². The molecule has 333 valence electrons. The summed E-state index contributed by atoms with van der Waals surface area (Å²) in [6, 6.07) is 23.9. The van der Waals surface area contributed by atoms with Crippen LogP contribution in [0.4, 0.5) is 52.7 Å². The van der Waals surface area contributed by atoms with Gasteiger partial charge in [-0.25, -0.2) is 33.7 Å². The summed E-state index contributed by atoms with van der Waals surface area (Å²) >= 11 is 0. The number of hydrogen-bond donors (Lipinski definition) is 0. The van der Waals surface area contributed by atoms with Crippen molar-refractivity contribution >= 4 is 40.1 Å². The molecule has 0 spiro atoms. The molecule has 0 bridgehead atoms. The van der Waals surface area contributed by atoms with Crippen LogP contribution in [0.15, 0.2) is 72.8 Å². The second-order valence-corrected chi connectivity index (χ2v) is 17.3. The number of sulfonamides is 4. The molecule has 4 rings (SSSR count). The van der Waals surface area contributed by atoms with Gasteiger partial charge in [-0.1, -0.05) is 24.3 Å². The van der Waals surface area contributed by atoms with Crippen LogP contribution in [-0.4, -0.2) is 75.6 Å². The van der Waals surface area contributed by atoms with Crippen molar-refractivity contribution < 1.29 is 103 Å². The largest absolute Gasteiger partial charge is 2.00 e. The number of pyridine rings is 4. The molecule has 0 aliphatic heterocycles. The van der Waals surface area contributed by atoms with E-state index in [1.54, 1.807) is 0 Å². The monoisotopic (exact) mass is 991 g/mol. The molecule has 0 unspecified atom stereocenters. The van der Waals surface area contributed by atoms with Crippen LogP contribution >= 0.6 is 0 Å². The second-order valence-electron chi connectivity index (χ2n) is 10.5. The standard InChI is InChI=1S/2C12H12N2.2C2F6NO4S2.Cu/c2*1-9-5-3-7-11(13-9)12-8-4-6-10(2)14-12;2*3-1(4,5)14(10,11)9-15(12,13)2(6,7)8;/h2*3-8H,1-2H3;;;/q;;2*-1;+2. The van der Waals surface area contributed by atoms with Crippen LogP contribution < -0.4 is 0 Å². The van der Waals surface area contributed by atoms with E-state index in [0.717, 1.165) is 53.8 Å². The minimum atomic E-state index is -6.72. The summed E-state index contributed by atoms with van der Waals surface area (Å²) in [7, 11) is -26.9. The third-order valence-electron chi connectivity index (χ3n) is 5.64. The number of aromatic nitrogens is 4. The molecule has 14 nitrogen and oxygen atoms in total.